The Kier molecular flexibility index (Phi) is 6.90. The van der Waals surface area contributed by atoms with Gasteiger partial charge in [-0.05, 0) is 42.8 Å². The van der Waals surface area contributed by atoms with Gasteiger partial charge in [-0.3, -0.25) is 14.8 Å². The van der Waals surface area contributed by atoms with Crippen LogP contribution in [0.4, 0.5) is 0 Å². The minimum absolute atomic E-state index is 0.107. The van der Waals surface area contributed by atoms with Crippen molar-refractivity contribution in [2.24, 2.45) is 5.92 Å². The second kappa shape index (κ2) is 10.6. The summed E-state index contributed by atoms with van der Waals surface area (Å²) in [4.78, 5) is 24.5. The van der Waals surface area contributed by atoms with Crippen LogP contribution in [0.5, 0.6) is 11.5 Å². The van der Waals surface area contributed by atoms with Crippen molar-refractivity contribution in [3.8, 4) is 11.5 Å². The van der Waals surface area contributed by atoms with E-state index in [9.17, 15) is 4.79 Å². The van der Waals surface area contributed by atoms with Crippen LogP contribution in [0, 0.1) is 5.92 Å². The lowest BCUT2D eigenvalue weighted by molar-refractivity contribution is 0.0731. The highest BCUT2D eigenvalue weighted by molar-refractivity contribution is 5.97. The van der Waals surface area contributed by atoms with Crippen LogP contribution in [0.25, 0.3) is 5.52 Å². The number of carbonyl (C=O) groups excluding carboxylic acids is 1. The first-order chi connectivity index (χ1) is 17.2. The molecular weight excluding hydrogens is 444 g/mol. The maximum absolute atomic E-state index is 13.7. The first-order valence-electron chi connectivity index (χ1n) is 11.7. The lowest BCUT2D eigenvalue weighted by atomic mass is 10.0. The predicted molar refractivity (Wildman–Crippen MR) is 131 cm³/mol. The van der Waals surface area contributed by atoms with Crippen LogP contribution in [0.2, 0.25) is 0 Å². The van der Waals surface area contributed by atoms with E-state index >= 15 is 0 Å². The number of rotatable bonds is 7. The van der Waals surface area contributed by atoms with Crippen LogP contribution in [0.15, 0.2) is 73.3 Å². The van der Waals surface area contributed by atoms with Gasteiger partial charge in [0.1, 0.15) is 6.61 Å². The fourth-order valence-corrected chi connectivity index (χ4v) is 4.44. The summed E-state index contributed by atoms with van der Waals surface area (Å²) < 4.78 is 19.5. The number of nitrogens with zero attached hydrogens (tertiary/aromatic N) is 4. The van der Waals surface area contributed by atoms with Gasteiger partial charge in [-0.2, -0.15) is 0 Å². The van der Waals surface area contributed by atoms with E-state index in [2.05, 4.69) is 20.4 Å². The van der Waals surface area contributed by atoms with Gasteiger partial charge in [0, 0.05) is 43.8 Å². The molecule has 1 aliphatic rings. The normalized spacial score (nSPS) is 16.1. The van der Waals surface area contributed by atoms with Gasteiger partial charge in [-0.25, -0.2) is 0 Å². The number of benzene rings is 1. The van der Waals surface area contributed by atoms with Crippen molar-refractivity contribution < 1.29 is 19.0 Å². The topological polar surface area (TPSA) is 78.2 Å². The van der Waals surface area contributed by atoms with Crippen molar-refractivity contribution in [2.45, 2.75) is 13.0 Å². The smallest absolute Gasteiger partial charge is 0.257 e. The molecule has 35 heavy (non-hydrogen) atoms. The minimum Gasteiger partial charge on any atom is -0.493 e. The molecule has 0 unspecified atom stereocenters. The molecule has 4 aromatic rings. The molecule has 180 valence electrons. The van der Waals surface area contributed by atoms with Crippen molar-refractivity contribution >= 4 is 11.4 Å². The zero-order valence-electron chi connectivity index (χ0n) is 19.7. The molecule has 3 aromatic heterocycles. The molecule has 0 N–H and O–H groups in total. The zero-order chi connectivity index (χ0) is 24.0. The summed E-state index contributed by atoms with van der Waals surface area (Å²) in [5, 5.41) is 0. The van der Waals surface area contributed by atoms with Crippen molar-refractivity contribution in [1.82, 2.24) is 19.3 Å². The molecule has 0 spiro atoms. The summed E-state index contributed by atoms with van der Waals surface area (Å²) >= 11 is 0. The fourth-order valence-electron chi connectivity index (χ4n) is 4.44. The molecule has 8 nitrogen and oxygen atoms in total. The number of carbonyl (C=O) groups is 1. The standard InChI is InChI=1S/C27H28N4O4/c1-33-25-9-4-7-22(26(25)35-19-21-6-2-3-10-28-21)27(32)31-14-15-34-18-20(17-31)16-23-24-8-5-12-30(24)13-11-29-23/h2-13,20H,14-19H2,1H3/t20-/m1/s1. The van der Waals surface area contributed by atoms with E-state index in [4.69, 9.17) is 14.2 Å². The summed E-state index contributed by atoms with van der Waals surface area (Å²) in [5.74, 6) is 0.952. The molecule has 4 heterocycles. The maximum atomic E-state index is 13.7. The quantitative estimate of drug-likeness (QED) is 0.409. The number of amides is 1. The van der Waals surface area contributed by atoms with Crippen molar-refractivity contribution in [1.29, 1.82) is 0 Å². The number of hydrogen-bond donors (Lipinski definition) is 0. The van der Waals surface area contributed by atoms with E-state index in [-0.39, 0.29) is 18.4 Å². The molecule has 1 aromatic carbocycles. The third-order valence-corrected chi connectivity index (χ3v) is 6.16. The highest BCUT2D eigenvalue weighted by atomic mass is 16.5. The molecule has 0 aliphatic carbocycles. The summed E-state index contributed by atoms with van der Waals surface area (Å²) in [6.45, 7) is 2.38. The van der Waals surface area contributed by atoms with Crippen LogP contribution in [-0.4, -0.2) is 58.6 Å². The number of pyridine rings is 1. The summed E-state index contributed by atoms with van der Waals surface area (Å²) in [5.41, 5.74) is 3.31. The number of fused-ring (bicyclic) bond motifs is 1. The van der Waals surface area contributed by atoms with E-state index in [1.165, 1.54) is 0 Å². The Hall–Kier alpha value is -3.91. The van der Waals surface area contributed by atoms with E-state index < -0.39 is 0 Å². The van der Waals surface area contributed by atoms with Gasteiger partial charge < -0.3 is 23.5 Å². The van der Waals surface area contributed by atoms with E-state index in [0.717, 1.165) is 23.3 Å². The maximum Gasteiger partial charge on any atom is 0.257 e. The number of ether oxygens (including phenoxy) is 3. The average Bonchev–Trinajstić information content (AvgIpc) is 3.27. The molecule has 1 saturated heterocycles. The van der Waals surface area contributed by atoms with Gasteiger partial charge in [0.25, 0.3) is 5.91 Å². The van der Waals surface area contributed by atoms with Gasteiger partial charge in [0.05, 0.1) is 42.8 Å². The van der Waals surface area contributed by atoms with E-state index in [1.54, 1.807) is 25.4 Å². The van der Waals surface area contributed by atoms with Crippen LogP contribution < -0.4 is 9.47 Å². The van der Waals surface area contributed by atoms with Gasteiger partial charge >= 0.3 is 0 Å². The largest absolute Gasteiger partial charge is 0.493 e. The Morgan fingerprint density at radius 2 is 2.03 bits per heavy atom. The van der Waals surface area contributed by atoms with E-state index in [1.807, 2.05) is 53.8 Å². The van der Waals surface area contributed by atoms with Crippen molar-refractivity contribution in [3.05, 3.63) is 90.3 Å². The zero-order valence-corrected chi connectivity index (χ0v) is 19.7. The molecule has 5 rings (SSSR count). The van der Waals surface area contributed by atoms with Crippen LogP contribution in [0.1, 0.15) is 21.7 Å². The number of methoxy groups -OCH3 is 1. The molecule has 0 radical (unpaired) electrons. The fraction of sp³-hybridized carbons (Fsp3) is 0.296. The monoisotopic (exact) mass is 472 g/mol. The number of para-hydroxylation sites is 1. The summed E-state index contributed by atoms with van der Waals surface area (Å²) in [6.07, 6.45) is 8.19. The molecule has 0 bridgehead atoms. The van der Waals surface area contributed by atoms with Gasteiger partial charge in [0.15, 0.2) is 11.5 Å². The SMILES string of the molecule is COc1cccc(C(=O)N2CCOC[C@H](Cc3nccn4cccc34)C2)c1OCc1ccccn1. The Bertz CT molecular complexity index is 1290. The lowest BCUT2D eigenvalue weighted by Crippen LogP contribution is -2.36. The van der Waals surface area contributed by atoms with Crippen molar-refractivity contribution in [2.75, 3.05) is 33.4 Å². The number of aromatic nitrogens is 3. The molecule has 0 saturated carbocycles. The average molecular weight is 473 g/mol. The second-order valence-electron chi connectivity index (χ2n) is 8.52. The lowest BCUT2D eigenvalue weighted by Gasteiger charge is -2.25. The second-order valence-corrected chi connectivity index (χ2v) is 8.52. The Labute approximate surface area is 204 Å². The first kappa shape index (κ1) is 22.9. The molecule has 1 amide bonds. The van der Waals surface area contributed by atoms with Gasteiger partial charge in [-0.1, -0.05) is 12.1 Å². The Morgan fingerprint density at radius 3 is 2.89 bits per heavy atom. The molecule has 1 atom stereocenters. The van der Waals surface area contributed by atoms with Crippen LogP contribution >= 0.6 is 0 Å². The van der Waals surface area contributed by atoms with Gasteiger partial charge in [0.2, 0.25) is 0 Å². The highest BCUT2D eigenvalue weighted by Gasteiger charge is 2.27. The number of hydrogen-bond acceptors (Lipinski definition) is 6. The van der Waals surface area contributed by atoms with Crippen LogP contribution in [0.3, 0.4) is 0 Å². The molecule has 1 aliphatic heterocycles. The molecule has 8 heteroatoms. The van der Waals surface area contributed by atoms with E-state index in [0.29, 0.717) is 43.4 Å². The Balaban J connectivity index is 1.36. The first-order valence-corrected chi connectivity index (χ1v) is 11.7. The van der Waals surface area contributed by atoms with Crippen LogP contribution in [-0.2, 0) is 17.8 Å². The Morgan fingerprint density at radius 1 is 1.09 bits per heavy atom. The third-order valence-electron chi connectivity index (χ3n) is 6.16. The van der Waals surface area contributed by atoms with Crippen molar-refractivity contribution in [3.63, 3.8) is 0 Å². The summed E-state index contributed by atoms with van der Waals surface area (Å²) in [6, 6.07) is 15.1. The predicted octanol–water partition coefficient (Wildman–Crippen LogP) is 3.65. The third kappa shape index (κ3) is 5.12. The summed E-state index contributed by atoms with van der Waals surface area (Å²) in [7, 11) is 1.57. The highest BCUT2D eigenvalue weighted by Crippen LogP contribution is 2.33. The van der Waals surface area contributed by atoms with Gasteiger partial charge in [-0.15, -0.1) is 0 Å². The minimum atomic E-state index is -0.107. The molecule has 1 fully saturated rings. The molecular formula is C27H28N4O4.